The number of carbonyl (C=O) groups is 1. The number of aromatic nitrogens is 1. The Hall–Kier alpha value is -2.89. The summed E-state index contributed by atoms with van der Waals surface area (Å²) in [6.45, 7) is 1.87. The molecule has 6 heteroatoms. The molecular weight excluding hydrogens is 294 g/mol. The molecule has 0 saturated heterocycles. The van der Waals surface area contributed by atoms with Crippen LogP contribution in [0, 0.1) is 6.92 Å². The fourth-order valence-electron chi connectivity index (χ4n) is 2.29. The summed E-state index contributed by atoms with van der Waals surface area (Å²) in [6.07, 6.45) is -0.223. The van der Waals surface area contributed by atoms with Crippen molar-refractivity contribution >= 4 is 17.4 Å². The third-order valence-corrected chi connectivity index (χ3v) is 3.52. The molecular formula is C17H17N3O3. The van der Waals surface area contributed by atoms with Crippen LogP contribution in [0.2, 0.25) is 0 Å². The van der Waals surface area contributed by atoms with Crippen LogP contribution in [0.1, 0.15) is 17.7 Å². The molecule has 0 radical (unpaired) electrons. The number of hydrogen-bond donors (Lipinski definition) is 1. The minimum absolute atomic E-state index is 0.254. The largest absolute Gasteiger partial charge is 0.497 e. The summed E-state index contributed by atoms with van der Waals surface area (Å²) in [5, 5.41) is 6.76. The van der Waals surface area contributed by atoms with E-state index < -0.39 is 6.10 Å². The van der Waals surface area contributed by atoms with E-state index in [0.29, 0.717) is 12.2 Å². The molecule has 1 amide bonds. The number of ether oxygens (including phenoxy) is 1. The Balaban J connectivity index is 1.62. The van der Waals surface area contributed by atoms with Gasteiger partial charge in [-0.25, -0.2) is 4.98 Å². The molecule has 1 aromatic heterocycles. The van der Waals surface area contributed by atoms with Gasteiger partial charge in [-0.05, 0) is 48.9 Å². The van der Waals surface area contributed by atoms with Crippen LogP contribution in [0.3, 0.4) is 0 Å². The monoisotopic (exact) mass is 311 g/mol. The van der Waals surface area contributed by atoms with E-state index in [4.69, 9.17) is 9.57 Å². The van der Waals surface area contributed by atoms with Crippen LogP contribution in [-0.4, -0.2) is 29.8 Å². The zero-order chi connectivity index (χ0) is 16.2. The van der Waals surface area contributed by atoms with Crippen LogP contribution in [0.4, 0.5) is 5.82 Å². The molecule has 6 nitrogen and oxygen atoms in total. The van der Waals surface area contributed by atoms with E-state index in [0.717, 1.165) is 22.7 Å². The fourth-order valence-corrected chi connectivity index (χ4v) is 2.29. The molecule has 1 atom stereocenters. The summed E-state index contributed by atoms with van der Waals surface area (Å²) in [7, 11) is 1.62. The molecule has 0 bridgehead atoms. The molecule has 3 rings (SSSR count). The fraction of sp³-hybridized carbons (Fsp3) is 0.235. The van der Waals surface area contributed by atoms with Crippen molar-refractivity contribution in [3.63, 3.8) is 0 Å². The number of aryl methyl sites for hydroxylation is 1. The van der Waals surface area contributed by atoms with E-state index in [1.54, 1.807) is 13.2 Å². The number of anilines is 1. The van der Waals surface area contributed by atoms with Crippen LogP contribution >= 0.6 is 0 Å². The number of pyridine rings is 1. The van der Waals surface area contributed by atoms with Gasteiger partial charge in [-0.15, -0.1) is 0 Å². The standard InChI is InChI=1S/C17H17N3O3/c1-11-4-3-5-16(18-11)19-17(21)15-10-14(20-23-15)12-6-8-13(22-2)9-7-12/h3-9,15H,10H2,1-2H3,(H,18,19,21). The zero-order valence-electron chi connectivity index (χ0n) is 12.9. The molecule has 0 fully saturated rings. The minimum Gasteiger partial charge on any atom is -0.497 e. The Kier molecular flexibility index (Phi) is 4.23. The molecule has 1 aromatic carbocycles. The molecule has 0 saturated carbocycles. The summed E-state index contributed by atoms with van der Waals surface area (Å²) in [5.74, 6) is 1.03. The lowest BCUT2D eigenvalue weighted by Gasteiger charge is -2.09. The summed E-state index contributed by atoms with van der Waals surface area (Å²) >= 11 is 0. The Labute approximate surface area is 134 Å². The number of benzene rings is 1. The van der Waals surface area contributed by atoms with Crippen molar-refractivity contribution < 1.29 is 14.4 Å². The average molecular weight is 311 g/mol. The maximum absolute atomic E-state index is 12.2. The molecule has 1 unspecified atom stereocenters. The highest BCUT2D eigenvalue weighted by atomic mass is 16.6. The van der Waals surface area contributed by atoms with E-state index in [9.17, 15) is 4.79 Å². The first-order valence-electron chi connectivity index (χ1n) is 7.27. The molecule has 0 aliphatic carbocycles. The second-order valence-corrected chi connectivity index (χ2v) is 5.22. The summed E-state index contributed by atoms with van der Waals surface area (Å²) in [4.78, 5) is 21.7. The van der Waals surface area contributed by atoms with E-state index in [-0.39, 0.29) is 5.91 Å². The van der Waals surface area contributed by atoms with Gasteiger partial charge in [-0.1, -0.05) is 11.2 Å². The SMILES string of the molecule is COc1ccc(C2=NOC(C(=O)Nc3cccc(C)n3)C2)cc1. The number of carbonyl (C=O) groups excluding carboxylic acids is 1. The third-order valence-electron chi connectivity index (χ3n) is 3.52. The van der Waals surface area contributed by atoms with Gasteiger partial charge in [0.1, 0.15) is 11.6 Å². The predicted molar refractivity (Wildman–Crippen MR) is 86.6 cm³/mol. The van der Waals surface area contributed by atoms with Crippen molar-refractivity contribution in [3.05, 3.63) is 53.7 Å². The number of rotatable bonds is 4. The maximum Gasteiger partial charge on any atom is 0.269 e. The molecule has 1 aliphatic heterocycles. The van der Waals surface area contributed by atoms with E-state index >= 15 is 0 Å². The Morgan fingerprint density at radius 3 is 2.74 bits per heavy atom. The maximum atomic E-state index is 12.2. The lowest BCUT2D eigenvalue weighted by Crippen LogP contribution is -2.28. The van der Waals surface area contributed by atoms with Crippen molar-refractivity contribution in [3.8, 4) is 5.75 Å². The highest BCUT2D eigenvalue weighted by Gasteiger charge is 2.29. The summed E-state index contributed by atoms with van der Waals surface area (Å²) in [6, 6.07) is 12.9. The summed E-state index contributed by atoms with van der Waals surface area (Å²) < 4.78 is 5.13. The Bertz CT molecular complexity index is 741. The lowest BCUT2D eigenvalue weighted by atomic mass is 10.0. The van der Waals surface area contributed by atoms with Gasteiger partial charge in [-0.2, -0.15) is 0 Å². The van der Waals surface area contributed by atoms with Crippen molar-refractivity contribution in [1.29, 1.82) is 0 Å². The van der Waals surface area contributed by atoms with Crippen molar-refractivity contribution in [1.82, 2.24) is 4.98 Å². The minimum atomic E-state index is -0.644. The normalized spacial score (nSPS) is 16.4. The van der Waals surface area contributed by atoms with Crippen LogP contribution in [-0.2, 0) is 9.63 Å². The van der Waals surface area contributed by atoms with Crippen molar-refractivity contribution in [2.45, 2.75) is 19.4 Å². The highest BCUT2D eigenvalue weighted by molar-refractivity contribution is 6.06. The van der Waals surface area contributed by atoms with E-state index in [1.807, 2.05) is 43.3 Å². The molecule has 23 heavy (non-hydrogen) atoms. The quantitative estimate of drug-likeness (QED) is 0.941. The molecule has 2 heterocycles. The van der Waals surface area contributed by atoms with Gasteiger partial charge in [0.2, 0.25) is 6.10 Å². The number of amides is 1. The van der Waals surface area contributed by atoms with E-state index in [2.05, 4.69) is 15.5 Å². The van der Waals surface area contributed by atoms with Gasteiger partial charge in [0.25, 0.3) is 5.91 Å². The number of methoxy groups -OCH3 is 1. The van der Waals surface area contributed by atoms with Gasteiger partial charge >= 0.3 is 0 Å². The van der Waals surface area contributed by atoms with Gasteiger partial charge < -0.3 is 14.9 Å². The van der Waals surface area contributed by atoms with Crippen LogP contribution in [0.5, 0.6) is 5.75 Å². The highest BCUT2D eigenvalue weighted by Crippen LogP contribution is 2.20. The number of oxime groups is 1. The smallest absolute Gasteiger partial charge is 0.269 e. The van der Waals surface area contributed by atoms with E-state index in [1.165, 1.54) is 0 Å². The number of hydrogen-bond acceptors (Lipinski definition) is 5. The van der Waals surface area contributed by atoms with Crippen LogP contribution in [0.25, 0.3) is 0 Å². The first-order chi connectivity index (χ1) is 11.2. The Morgan fingerprint density at radius 1 is 1.26 bits per heavy atom. The second-order valence-electron chi connectivity index (χ2n) is 5.22. The van der Waals surface area contributed by atoms with Crippen molar-refractivity contribution in [2.24, 2.45) is 5.16 Å². The van der Waals surface area contributed by atoms with Crippen LogP contribution < -0.4 is 10.1 Å². The van der Waals surface area contributed by atoms with Gasteiger partial charge in [0, 0.05) is 12.1 Å². The third kappa shape index (κ3) is 3.48. The molecule has 1 N–H and O–H groups in total. The van der Waals surface area contributed by atoms with Crippen LogP contribution in [0.15, 0.2) is 47.6 Å². The Morgan fingerprint density at radius 2 is 2.04 bits per heavy atom. The zero-order valence-corrected chi connectivity index (χ0v) is 12.9. The first kappa shape index (κ1) is 15.0. The average Bonchev–Trinajstić information content (AvgIpc) is 3.05. The van der Waals surface area contributed by atoms with Gasteiger partial charge in [-0.3, -0.25) is 4.79 Å². The van der Waals surface area contributed by atoms with Crippen molar-refractivity contribution in [2.75, 3.05) is 12.4 Å². The summed E-state index contributed by atoms with van der Waals surface area (Å²) in [5.41, 5.74) is 2.49. The first-order valence-corrected chi connectivity index (χ1v) is 7.27. The molecule has 1 aliphatic rings. The van der Waals surface area contributed by atoms with Gasteiger partial charge in [0.05, 0.1) is 12.8 Å². The molecule has 118 valence electrons. The second kappa shape index (κ2) is 6.48. The van der Waals surface area contributed by atoms with Gasteiger partial charge in [0.15, 0.2) is 0 Å². The molecule has 0 spiro atoms. The molecule has 2 aromatic rings. The number of nitrogens with one attached hydrogen (secondary N) is 1. The topological polar surface area (TPSA) is 72.8 Å². The number of nitrogens with zero attached hydrogens (tertiary/aromatic N) is 2. The lowest BCUT2D eigenvalue weighted by molar-refractivity contribution is -0.125. The predicted octanol–water partition coefficient (Wildman–Crippen LogP) is 2.53.